The summed E-state index contributed by atoms with van der Waals surface area (Å²) in [5, 5.41) is 2.95. The molecule has 4 rings (SSSR count). The van der Waals surface area contributed by atoms with E-state index in [9.17, 15) is 13.2 Å². The molecule has 0 unspecified atom stereocenters. The summed E-state index contributed by atoms with van der Waals surface area (Å²) in [6, 6.07) is 25.6. The molecule has 6 heteroatoms. The van der Waals surface area contributed by atoms with Crippen LogP contribution in [-0.2, 0) is 9.84 Å². The van der Waals surface area contributed by atoms with Crippen LogP contribution in [0.4, 0.5) is 5.69 Å². The smallest absolute Gasteiger partial charge is 0.256 e. The maximum atomic E-state index is 13.3. The Morgan fingerprint density at radius 1 is 0.853 bits per heavy atom. The molecular formula is C28H26N2O3S. The molecule has 172 valence electrons. The highest BCUT2D eigenvalue weighted by atomic mass is 32.2. The number of carbonyl (C=O) groups is 1. The fourth-order valence-electron chi connectivity index (χ4n) is 3.73. The molecule has 1 amide bonds. The molecular weight excluding hydrogens is 444 g/mol. The maximum absolute atomic E-state index is 13.3. The van der Waals surface area contributed by atoms with Crippen LogP contribution in [-0.4, -0.2) is 25.6 Å². The fraction of sp³-hybridized carbons (Fsp3) is 0.143. The van der Waals surface area contributed by atoms with Gasteiger partial charge in [-0.05, 0) is 65.1 Å². The van der Waals surface area contributed by atoms with Gasteiger partial charge in [-0.15, -0.1) is 0 Å². The van der Waals surface area contributed by atoms with Gasteiger partial charge < -0.3 is 5.32 Å². The maximum Gasteiger partial charge on any atom is 0.256 e. The Morgan fingerprint density at radius 3 is 2.26 bits per heavy atom. The van der Waals surface area contributed by atoms with E-state index in [-0.39, 0.29) is 10.8 Å². The lowest BCUT2D eigenvalue weighted by Crippen LogP contribution is -2.14. The lowest BCUT2D eigenvalue weighted by atomic mass is 9.95. The summed E-state index contributed by atoms with van der Waals surface area (Å²) in [7, 11) is -3.43. The van der Waals surface area contributed by atoms with E-state index in [2.05, 4.69) is 24.1 Å². The molecule has 0 aliphatic carbocycles. The van der Waals surface area contributed by atoms with Crippen molar-refractivity contribution in [2.24, 2.45) is 0 Å². The molecule has 0 radical (unpaired) electrons. The highest BCUT2D eigenvalue weighted by Gasteiger charge is 2.18. The van der Waals surface area contributed by atoms with Crippen molar-refractivity contribution in [3.8, 4) is 22.4 Å². The summed E-state index contributed by atoms with van der Waals surface area (Å²) in [5.41, 5.74) is 5.23. The van der Waals surface area contributed by atoms with Crippen LogP contribution in [0.5, 0.6) is 0 Å². The minimum Gasteiger partial charge on any atom is -0.322 e. The molecule has 1 N–H and O–H groups in total. The van der Waals surface area contributed by atoms with Crippen LogP contribution in [0.25, 0.3) is 22.4 Å². The fourth-order valence-corrected chi connectivity index (χ4v) is 4.37. The number of hydrogen-bond donors (Lipinski definition) is 1. The molecule has 1 heterocycles. The number of anilines is 1. The van der Waals surface area contributed by atoms with E-state index in [4.69, 9.17) is 0 Å². The molecule has 0 saturated carbocycles. The zero-order chi connectivity index (χ0) is 24.3. The quantitative estimate of drug-likeness (QED) is 0.364. The highest BCUT2D eigenvalue weighted by Crippen LogP contribution is 2.30. The molecule has 0 fully saturated rings. The zero-order valence-electron chi connectivity index (χ0n) is 19.3. The summed E-state index contributed by atoms with van der Waals surface area (Å²) in [6.07, 6.45) is 2.89. The molecule has 0 aliphatic rings. The second kappa shape index (κ2) is 9.61. The Balaban J connectivity index is 1.71. The zero-order valence-corrected chi connectivity index (χ0v) is 20.1. The standard InChI is InChI=1S/C28H26N2O3S/c1-19(2)20-10-12-21(13-11-20)26-18-24(34(3,32)33)14-15-25(26)28(31)30-23-8-6-7-22(17-23)27-9-4-5-16-29-27/h4-19H,1-3H3,(H,30,31). The summed E-state index contributed by atoms with van der Waals surface area (Å²) in [6.45, 7) is 4.22. The molecule has 3 aromatic carbocycles. The number of benzene rings is 3. The molecule has 0 bridgehead atoms. The van der Waals surface area contributed by atoms with E-state index >= 15 is 0 Å². The van der Waals surface area contributed by atoms with E-state index in [1.807, 2.05) is 66.7 Å². The molecule has 0 saturated heterocycles. The molecule has 0 aliphatic heterocycles. The number of nitrogens with zero attached hydrogens (tertiary/aromatic N) is 1. The van der Waals surface area contributed by atoms with Crippen molar-refractivity contribution in [1.29, 1.82) is 0 Å². The third-order valence-corrected chi connectivity index (χ3v) is 6.74. The number of hydrogen-bond acceptors (Lipinski definition) is 4. The predicted molar refractivity (Wildman–Crippen MR) is 137 cm³/mol. The van der Waals surface area contributed by atoms with Crippen molar-refractivity contribution < 1.29 is 13.2 Å². The van der Waals surface area contributed by atoms with Gasteiger partial charge in [-0.25, -0.2) is 8.42 Å². The van der Waals surface area contributed by atoms with E-state index in [1.54, 1.807) is 18.3 Å². The Hall–Kier alpha value is -3.77. The first-order valence-corrected chi connectivity index (χ1v) is 12.9. The van der Waals surface area contributed by atoms with Crippen LogP contribution >= 0.6 is 0 Å². The van der Waals surface area contributed by atoms with Gasteiger partial charge in [0.05, 0.1) is 10.6 Å². The number of rotatable bonds is 6. The lowest BCUT2D eigenvalue weighted by Gasteiger charge is -2.14. The number of carbonyl (C=O) groups excluding carboxylic acids is 1. The number of sulfone groups is 1. The summed E-state index contributed by atoms with van der Waals surface area (Å²) >= 11 is 0. The topological polar surface area (TPSA) is 76.1 Å². The largest absolute Gasteiger partial charge is 0.322 e. The Bertz CT molecular complexity index is 1430. The minimum atomic E-state index is -3.43. The van der Waals surface area contributed by atoms with Crippen LogP contribution in [0.1, 0.15) is 35.7 Å². The molecule has 34 heavy (non-hydrogen) atoms. The summed E-state index contributed by atoms with van der Waals surface area (Å²) in [5.74, 6) is 0.0479. The van der Waals surface area contributed by atoms with Gasteiger partial charge in [-0.3, -0.25) is 9.78 Å². The number of pyridine rings is 1. The van der Waals surface area contributed by atoms with E-state index in [0.717, 1.165) is 23.1 Å². The van der Waals surface area contributed by atoms with Crippen molar-refractivity contribution in [3.05, 3.63) is 102 Å². The number of nitrogens with one attached hydrogen (secondary N) is 1. The molecule has 0 spiro atoms. The predicted octanol–water partition coefficient (Wildman–Crippen LogP) is 6.19. The minimum absolute atomic E-state index is 0.170. The summed E-state index contributed by atoms with van der Waals surface area (Å²) in [4.78, 5) is 17.9. The van der Waals surface area contributed by atoms with Crippen LogP contribution in [0.3, 0.4) is 0 Å². The van der Waals surface area contributed by atoms with Crippen LogP contribution < -0.4 is 5.32 Å². The van der Waals surface area contributed by atoms with Gasteiger partial charge in [0.25, 0.3) is 5.91 Å². The van der Waals surface area contributed by atoms with E-state index in [1.165, 1.54) is 11.6 Å². The van der Waals surface area contributed by atoms with E-state index < -0.39 is 9.84 Å². The van der Waals surface area contributed by atoms with Gasteiger partial charge in [-0.2, -0.15) is 0 Å². The van der Waals surface area contributed by atoms with Crippen molar-refractivity contribution in [2.45, 2.75) is 24.7 Å². The Morgan fingerprint density at radius 2 is 1.62 bits per heavy atom. The number of aromatic nitrogens is 1. The molecule has 4 aromatic rings. The lowest BCUT2D eigenvalue weighted by molar-refractivity contribution is 0.102. The first-order chi connectivity index (χ1) is 16.2. The first kappa shape index (κ1) is 23.4. The third-order valence-electron chi connectivity index (χ3n) is 5.63. The van der Waals surface area contributed by atoms with Crippen molar-refractivity contribution >= 4 is 21.4 Å². The van der Waals surface area contributed by atoms with Crippen LogP contribution in [0.2, 0.25) is 0 Å². The second-order valence-electron chi connectivity index (χ2n) is 8.51. The van der Waals surface area contributed by atoms with Gasteiger partial charge in [0.1, 0.15) is 0 Å². The van der Waals surface area contributed by atoms with Gasteiger partial charge in [-0.1, -0.05) is 56.3 Å². The monoisotopic (exact) mass is 470 g/mol. The van der Waals surface area contributed by atoms with Crippen LogP contribution in [0.15, 0.2) is 96.0 Å². The third kappa shape index (κ3) is 5.24. The van der Waals surface area contributed by atoms with Gasteiger partial charge in [0, 0.05) is 29.3 Å². The Kier molecular flexibility index (Phi) is 6.61. The van der Waals surface area contributed by atoms with Gasteiger partial charge in [0.15, 0.2) is 9.84 Å². The first-order valence-electron chi connectivity index (χ1n) is 11.0. The van der Waals surface area contributed by atoms with Gasteiger partial charge >= 0.3 is 0 Å². The van der Waals surface area contributed by atoms with E-state index in [0.29, 0.717) is 22.7 Å². The van der Waals surface area contributed by atoms with Crippen LogP contribution in [0, 0.1) is 0 Å². The highest BCUT2D eigenvalue weighted by molar-refractivity contribution is 7.90. The SMILES string of the molecule is CC(C)c1ccc(-c2cc(S(C)(=O)=O)ccc2C(=O)Nc2cccc(-c3ccccn3)c2)cc1. The molecule has 1 aromatic heterocycles. The molecule has 5 nitrogen and oxygen atoms in total. The van der Waals surface area contributed by atoms with Gasteiger partial charge in [0.2, 0.25) is 0 Å². The molecule has 0 atom stereocenters. The Labute approximate surface area is 200 Å². The number of amides is 1. The van der Waals surface area contributed by atoms with Crippen molar-refractivity contribution in [2.75, 3.05) is 11.6 Å². The van der Waals surface area contributed by atoms with Crippen molar-refractivity contribution in [1.82, 2.24) is 4.98 Å². The average molecular weight is 471 g/mol. The summed E-state index contributed by atoms with van der Waals surface area (Å²) < 4.78 is 24.4. The average Bonchev–Trinajstić information content (AvgIpc) is 2.84. The second-order valence-corrected chi connectivity index (χ2v) is 10.5. The normalized spacial score (nSPS) is 11.4. The van der Waals surface area contributed by atoms with Crippen molar-refractivity contribution in [3.63, 3.8) is 0 Å².